The number of fused-ring (bicyclic) bond motifs is 1. The molecule has 1 N–H and O–H groups in total. The Balaban J connectivity index is 1.19. The predicted molar refractivity (Wildman–Crippen MR) is 132 cm³/mol. The molecule has 1 spiro atoms. The fraction of sp³-hybridized carbons (Fsp3) is 0.593. The lowest BCUT2D eigenvalue weighted by Gasteiger charge is -2.29. The Morgan fingerprint density at radius 1 is 1.20 bits per heavy atom. The molecule has 8 heteroatoms. The molecule has 0 aromatic carbocycles. The number of allylic oxidation sites excluding steroid dienone is 3. The molecular weight excluding hydrogens is 444 g/mol. The summed E-state index contributed by atoms with van der Waals surface area (Å²) in [5.41, 5.74) is 4.42. The van der Waals surface area contributed by atoms with Crippen LogP contribution >= 0.6 is 0 Å². The van der Waals surface area contributed by atoms with Crippen LogP contribution in [0.2, 0.25) is 0 Å². The number of rotatable bonds is 4. The first-order valence-electron chi connectivity index (χ1n) is 12.9. The fourth-order valence-electron chi connectivity index (χ4n) is 6.29. The van der Waals surface area contributed by atoms with E-state index in [1.165, 1.54) is 5.57 Å². The van der Waals surface area contributed by atoms with Gasteiger partial charge in [-0.05, 0) is 55.7 Å². The highest BCUT2D eigenvalue weighted by Gasteiger charge is 2.41. The highest BCUT2D eigenvalue weighted by Crippen LogP contribution is 2.43. The van der Waals surface area contributed by atoms with E-state index in [2.05, 4.69) is 15.2 Å². The van der Waals surface area contributed by atoms with E-state index >= 15 is 0 Å². The summed E-state index contributed by atoms with van der Waals surface area (Å²) >= 11 is 0. The Morgan fingerprint density at radius 3 is 2.89 bits per heavy atom. The summed E-state index contributed by atoms with van der Waals surface area (Å²) in [5, 5.41) is 3.08. The zero-order valence-corrected chi connectivity index (χ0v) is 20.5. The second kappa shape index (κ2) is 9.39. The summed E-state index contributed by atoms with van der Waals surface area (Å²) in [4.78, 5) is 25.0. The monoisotopic (exact) mass is 478 g/mol. The molecule has 1 aliphatic carbocycles. The molecule has 1 atom stereocenters. The van der Waals surface area contributed by atoms with Crippen LogP contribution < -0.4 is 10.2 Å². The van der Waals surface area contributed by atoms with E-state index in [-0.39, 0.29) is 11.3 Å². The lowest BCUT2D eigenvalue weighted by atomic mass is 9.82. The molecule has 1 aromatic rings. The Morgan fingerprint density at radius 2 is 2.09 bits per heavy atom. The van der Waals surface area contributed by atoms with E-state index in [1.54, 1.807) is 19.4 Å². The van der Waals surface area contributed by atoms with Crippen molar-refractivity contribution in [2.24, 2.45) is 16.3 Å². The molecule has 1 aromatic heterocycles. The van der Waals surface area contributed by atoms with Gasteiger partial charge in [-0.3, -0.25) is 4.79 Å². The molecule has 4 aliphatic heterocycles. The smallest absolute Gasteiger partial charge is 0.256 e. The van der Waals surface area contributed by atoms with Crippen LogP contribution in [0.3, 0.4) is 0 Å². The van der Waals surface area contributed by atoms with Crippen LogP contribution in [0.15, 0.2) is 45.9 Å². The molecule has 6 rings (SSSR count). The number of anilines is 1. The van der Waals surface area contributed by atoms with Crippen molar-refractivity contribution in [3.05, 3.63) is 46.5 Å². The van der Waals surface area contributed by atoms with Crippen molar-refractivity contribution in [1.29, 1.82) is 0 Å². The number of ether oxygens (including phenoxy) is 3. The van der Waals surface area contributed by atoms with Crippen LogP contribution in [0.1, 0.15) is 55.3 Å². The average molecular weight is 479 g/mol. The van der Waals surface area contributed by atoms with Crippen molar-refractivity contribution < 1.29 is 19.0 Å². The standard InChI is InChI=1S/C27H34N4O4/c1-33-22-3-2-20(18-5-11-34-12-6-18)25-21(22)15-23(29-25)30-26(32)19-4-9-28-24(14-19)31-10-7-27(16-31)8-13-35-17-27/h4,9,14,18H,2-3,5-8,10-13,15-17H2,1H3,(H,29,30,32)/t27-/m1/s1. The SMILES string of the molecule is COC1=C2CC(NC(=O)c3ccnc(N4CC[C@@]5(CCOC5)C4)c3)=NC2=C(C2CCOCC2)CC1. The molecule has 3 saturated heterocycles. The van der Waals surface area contributed by atoms with Crippen molar-refractivity contribution in [3.63, 3.8) is 0 Å². The Hall–Kier alpha value is -2.71. The normalized spacial score (nSPS) is 27.0. The number of methoxy groups -OCH3 is 1. The number of carbonyl (C=O) groups excluding carboxylic acids is 1. The minimum atomic E-state index is -0.142. The number of amides is 1. The number of pyridine rings is 1. The number of aliphatic imine (C=N–C) groups is 1. The van der Waals surface area contributed by atoms with Gasteiger partial charge in [0.2, 0.25) is 0 Å². The van der Waals surface area contributed by atoms with Gasteiger partial charge in [0, 0.05) is 68.5 Å². The molecule has 35 heavy (non-hydrogen) atoms. The van der Waals surface area contributed by atoms with Gasteiger partial charge in [-0.1, -0.05) is 0 Å². The fourth-order valence-corrected chi connectivity index (χ4v) is 6.29. The summed E-state index contributed by atoms with van der Waals surface area (Å²) in [6.45, 7) is 5.18. The number of aromatic nitrogens is 1. The van der Waals surface area contributed by atoms with E-state index < -0.39 is 0 Å². The van der Waals surface area contributed by atoms with Crippen LogP contribution in [-0.4, -0.2) is 63.4 Å². The zero-order valence-electron chi connectivity index (χ0n) is 20.5. The first-order chi connectivity index (χ1) is 17.1. The third kappa shape index (κ3) is 4.38. The maximum absolute atomic E-state index is 13.2. The van der Waals surface area contributed by atoms with Crippen LogP contribution in [0.4, 0.5) is 5.82 Å². The van der Waals surface area contributed by atoms with Crippen LogP contribution in [0.25, 0.3) is 0 Å². The third-order valence-corrected chi connectivity index (χ3v) is 8.31. The number of nitrogens with zero attached hydrogens (tertiary/aromatic N) is 3. The number of carbonyl (C=O) groups is 1. The summed E-state index contributed by atoms with van der Waals surface area (Å²) < 4.78 is 16.9. The van der Waals surface area contributed by atoms with Crippen LogP contribution in [0, 0.1) is 11.3 Å². The maximum atomic E-state index is 13.2. The highest BCUT2D eigenvalue weighted by molar-refractivity contribution is 6.08. The molecule has 0 radical (unpaired) electrons. The largest absolute Gasteiger partial charge is 0.501 e. The van der Waals surface area contributed by atoms with Gasteiger partial charge in [0.15, 0.2) is 0 Å². The highest BCUT2D eigenvalue weighted by atomic mass is 16.5. The molecule has 186 valence electrons. The van der Waals surface area contributed by atoms with Crippen LogP contribution in [-0.2, 0) is 14.2 Å². The summed E-state index contributed by atoms with van der Waals surface area (Å²) in [7, 11) is 1.73. The molecule has 5 heterocycles. The van der Waals surface area contributed by atoms with Crippen LogP contribution in [0.5, 0.6) is 0 Å². The van der Waals surface area contributed by atoms with Gasteiger partial charge in [0.1, 0.15) is 17.4 Å². The predicted octanol–water partition coefficient (Wildman–Crippen LogP) is 3.61. The minimum Gasteiger partial charge on any atom is -0.501 e. The lowest BCUT2D eigenvalue weighted by Crippen LogP contribution is -2.30. The van der Waals surface area contributed by atoms with Crippen molar-refractivity contribution in [2.45, 2.75) is 44.9 Å². The van der Waals surface area contributed by atoms with Crippen molar-refractivity contribution in [2.75, 3.05) is 51.5 Å². The number of hydrogen-bond donors (Lipinski definition) is 1. The number of amidine groups is 1. The summed E-state index contributed by atoms with van der Waals surface area (Å²) in [5.74, 6) is 2.91. The summed E-state index contributed by atoms with van der Waals surface area (Å²) in [6.07, 6.45) is 8.49. The molecular formula is C27H34N4O4. The van der Waals surface area contributed by atoms with E-state index in [0.717, 1.165) is 101 Å². The van der Waals surface area contributed by atoms with Gasteiger partial charge in [0.05, 0.1) is 19.4 Å². The first kappa shape index (κ1) is 22.7. The molecule has 0 bridgehead atoms. The van der Waals surface area contributed by atoms with Gasteiger partial charge in [-0.25, -0.2) is 9.98 Å². The minimum absolute atomic E-state index is 0.142. The van der Waals surface area contributed by atoms with E-state index in [9.17, 15) is 4.79 Å². The Kier molecular flexibility index (Phi) is 6.10. The van der Waals surface area contributed by atoms with E-state index in [0.29, 0.717) is 23.7 Å². The second-order valence-corrected chi connectivity index (χ2v) is 10.4. The maximum Gasteiger partial charge on any atom is 0.256 e. The molecule has 5 aliphatic rings. The average Bonchev–Trinajstić information content (AvgIpc) is 3.65. The van der Waals surface area contributed by atoms with Gasteiger partial charge in [-0.2, -0.15) is 0 Å². The number of nitrogens with one attached hydrogen (secondary N) is 1. The lowest BCUT2D eigenvalue weighted by molar-refractivity contribution is 0.0743. The van der Waals surface area contributed by atoms with Gasteiger partial charge < -0.3 is 24.4 Å². The Labute approximate surface area is 206 Å². The molecule has 8 nitrogen and oxygen atoms in total. The first-order valence-corrected chi connectivity index (χ1v) is 12.9. The topological polar surface area (TPSA) is 85.3 Å². The molecule has 3 fully saturated rings. The van der Waals surface area contributed by atoms with Gasteiger partial charge in [0.25, 0.3) is 5.91 Å². The zero-order chi connectivity index (χ0) is 23.8. The molecule has 0 unspecified atom stereocenters. The van der Waals surface area contributed by atoms with E-state index in [1.807, 2.05) is 6.07 Å². The van der Waals surface area contributed by atoms with Gasteiger partial charge in [-0.15, -0.1) is 0 Å². The van der Waals surface area contributed by atoms with Crippen molar-refractivity contribution in [1.82, 2.24) is 10.3 Å². The Bertz CT molecular complexity index is 1100. The molecule has 0 saturated carbocycles. The van der Waals surface area contributed by atoms with E-state index in [4.69, 9.17) is 19.2 Å². The van der Waals surface area contributed by atoms with Gasteiger partial charge >= 0.3 is 0 Å². The quantitative estimate of drug-likeness (QED) is 0.712. The van der Waals surface area contributed by atoms with Crippen molar-refractivity contribution >= 4 is 17.6 Å². The van der Waals surface area contributed by atoms with Crippen molar-refractivity contribution in [3.8, 4) is 0 Å². The molecule has 1 amide bonds. The number of hydrogen-bond acceptors (Lipinski definition) is 7. The third-order valence-electron chi connectivity index (χ3n) is 8.31. The summed E-state index contributed by atoms with van der Waals surface area (Å²) in [6, 6.07) is 3.68. The second-order valence-electron chi connectivity index (χ2n) is 10.4.